The monoisotopic (exact) mass is 394 g/mol. The lowest BCUT2D eigenvalue weighted by Gasteiger charge is -2.11. The van der Waals surface area contributed by atoms with Gasteiger partial charge in [0.05, 0.1) is 16.1 Å². The van der Waals surface area contributed by atoms with Crippen LogP contribution in [0.4, 0.5) is 10.1 Å². The minimum atomic E-state index is -0.631. The Morgan fingerprint density at radius 2 is 2.11 bits per heavy atom. The van der Waals surface area contributed by atoms with E-state index in [1.807, 2.05) is 30.3 Å². The van der Waals surface area contributed by atoms with Crippen LogP contribution in [0.5, 0.6) is 0 Å². The zero-order valence-corrected chi connectivity index (χ0v) is 15.4. The maximum atomic E-state index is 14.5. The number of amides is 2. The molecule has 0 spiro atoms. The normalized spacial score (nSPS) is 16.6. The lowest BCUT2D eigenvalue weighted by atomic mass is 10.1. The van der Waals surface area contributed by atoms with Gasteiger partial charge in [0.2, 0.25) is 11.8 Å². The molecule has 2 aromatic heterocycles. The molecule has 8 heteroatoms. The van der Waals surface area contributed by atoms with Crippen LogP contribution in [0.15, 0.2) is 42.5 Å². The first-order valence-electron chi connectivity index (χ1n) is 8.85. The number of carbonyl (C=O) groups is 2. The summed E-state index contributed by atoms with van der Waals surface area (Å²) in [5, 5.41) is 14.2. The summed E-state index contributed by atoms with van der Waals surface area (Å²) in [6.45, 7) is 0. The average Bonchev–Trinajstić information content (AvgIpc) is 3.39. The number of carbonyl (C=O) groups excluding carboxylic acids is 2. The number of H-pyrrole nitrogens is 1. The standard InChI is InChI=1S/C20H15FN4O2S/c21-12-9-14-11(8-15(12)23-20(27)13-5-6-18(26)22-13)19(25-24-14)17-7-10-3-1-2-4-16(10)28-17/h1-4,7-9,13H,5-6H2,(H,22,26)(H,23,27)(H,24,25)/t13-/m1/s1. The van der Waals surface area contributed by atoms with E-state index >= 15 is 0 Å². The third-order valence-corrected chi connectivity index (χ3v) is 6.00. The van der Waals surface area contributed by atoms with Crippen LogP contribution >= 0.6 is 11.3 Å². The summed E-state index contributed by atoms with van der Waals surface area (Å²) in [6.07, 6.45) is 0.713. The van der Waals surface area contributed by atoms with E-state index in [-0.39, 0.29) is 11.6 Å². The van der Waals surface area contributed by atoms with Gasteiger partial charge in [-0.1, -0.05) is 18.2 Å². The molecule has 5 rings (SSSR count). The number of halogens is 1. The second-order valence-electron chi connectivity index (χ2n) is 6.75. The van der Waals surface area contributed by atoms with Crippen LogP contribution in [0.2, 0.25) is 0 Å². The zero-order chi connectivity index (χ0) is 19.3. The molecule has 2 aromatic carbocycles. The van der Waals surface area contributed by atoms with E-state index in [1.54, 1.807) is 17.4 Å². The molecule has 1 saturated heterocycles. The van der Waals surface area contributed by atoms with Gasteiger partial charge in [0.1, 0.15) is 17.6 Å². The molecule has 28 heavy (non-hydrogen) atoms. The Labute approximate surface area is 162 Å². The molecule has 0 radical (unpaired) electrons. The smallest absolute Gasteiger partial charge is 0.247 e. The summed E-state index contributed by atoms with van der Waals surface area (Å²) in [6, 6.07) is 12.4. The Hall–Kier alpha value is -3.26. The first-order valence-corrected chi connectivity index (χ1v) is 9.67. The first kappa shape index (κ1) is 16.9. The summed E-state index contributed by atoms with van der Waals surface area (Å²) >= 11 is 1.60. The van der Waals surface area contributed by atoms with Crippen molar-refractivity contribution in [3.05, 3.63) is 48.3 Å². The second kappa shape index (κ2) is 6.42. The van der Waals surface area contributed by atoms with Gasteiger partial charge in [0.15, 0.2) is 0 Å². The van der Waals surface area contributed by atoms with Crippen molar-refractivity contribution in [2.75, 3.05) is 5.32 Å². The topological polar surface area (TPSA) is 86.9 Å². The lowest BCUT2D eigenvalue weighted by molar-refractivity contribution is -0.122. The first-order chi connectivity index (χ1) is 13.6. The third-order valence-electron chi connectivity index (χ3n) is 4.88. The fraction of sp³-hybridized carbons (Fsp3) is 0.150. The van der Waals surface area contributed by atoms with Crippen molar-refractivity contribution in [1.82, 2.24) is 15.5 Å². The number of nitrogens with one attached hydrogen (secondary N) is 3. The van der Waals surface area contributed by atoms with E-state index in [2.05, 4.69) is 20.8 Å². The van der Waals surface area contributed by atoms with E-state index in [0.29, 0.717) is 24.1 Å². The summed E-state index contributed by atoms with van der Waals surface area (Å²) in [7, 11) is 0. The number of benzene rings is 2. The highest BCUT2D eigenvalue weighted by Gasteiger charge is 2.28. The molecule has 140 valence electrons. The van der Waals surface area contributed by atoms with Crippen molar-refractivity contribution in [3.63, 3.8) is 0 Å². The molecule has 6 nitrogen and oxygen atoms in total. The number of rotatable bonds is 3. The predicted octanol–water partition coefficient (Wildman–Crippen LogP) is 3.80. The van der Waals surface area contributed by atoms with Gasteiger partial charge in [0, 0.05) is 22.6 Å². The number of hydrogen-bond donors (Lipinski definition) is 3. The van der Waals surface area contributed by atoms with Gasteiger partial charge in [0.25, 0.3) is 0 Å². The highest BCUT2D eigenvalue weighted by Crippen LogP contribution is 2.37. The molecular weight excluding hydrogens is 379 g/mol. The molecule has 4 aromatic rings. The minimum Gasteiger partial charge on any atom is -0.344 e. The van der Waals surface area contributed by atoms with Gasteiger partial charge in [-0.25, -0.2) is 4.39 Å². The Morgan fingerprint density at radius 3 is 2.89 bits per heavy atom. The van der Waals surface area contributed by atoms with Gasteiger partial charge in [-0.3, -0.25) is 14.7 Å². The SMILES string of the molecule is O=C1CC[C@H](C(=O)Nc2cc3c(-c4cc5ccccc5s4)n[nH]c3cc2F)N1. The molecule has 0 bridgehead atoms. The van der Waals surface area contributed by atoms with Crippen molar-refractivity contribution in [1.29, 1.82) is 0 Å². The molecule has 0 aliphatic carbocycles. The van der Waals surface area contributed by atoms with E-state index in [4.69, 9.17) is 0 Å². The van der Waals surface area contributed by atoms with Crippen LogP contribution in [-0.2, 0) is 9.59 Å². The van der Waals surface area contributed by atoms with Gasteiger partial charge in [-0.2, -0.15) is 5.10 Å². The summed E-state index contributed by atoms with van der Waals surface area (Å²) in [4.78, 5) is 24.6. The molecule has 3 heterocycles. The van der Waals surface area contributed by atoms with Crippen molar-refractivity contribution in [2.24, 2.45) is 0 Å². The maximum absolute atomic E-state index is 14.5. The number of nitrogens with zero attached hydrogens (tertiary/aromatic N) is 1. The van der Waals surface area contributed by atoms with Crippen molar-refractivity contribution < 1.29 is 14.0 Å². The van der Waals surface area contributed by atoms with Crippen molar-refractivity contribution >= 4 is 49.8 Å². The average molecular weight is 394 g/mol. The fourth-order valence-electron chi connectivity index (χ4n) is 3.45. The number of hydrogen-bond acceptors (Lipinski definition) is 4. The largest absolute Gasteiger partial charge is 0.344 e. The van der Waals surface area contributed by atoms with E-state index in [9.17, 15) is 14.0 Å². The predicted molar refractivity (Wildman–Crippen MR) is 107 cm³/mol. The highest BCUT2D eigenvalue weighted by atomic mass is 32.1. The molecule has 1 fully saturated rings. The maximum Gasteiger partial charge on any atom is 0.247 e. The Balaban J connectivity index is 1.53. The van der Waals surface area contributed by atoms with Gasteiger partial charge >= 0.3 is 0 Å². The fourth-order valence-corrected chi connectivity index (χ4v) is 4.52. The van der Waals surface area contributed by atoms with Crippen molar-refractivity contribution in [3.8, 4) is 10.6 Å². The Morgan fingerprint density at radius 1 is 1.25 bits per heavy atom. The molecule has 1 aliphatic rings. The molecule has 2 amide bonds. The quantitative estimate of drug-likeness (QED) is 0.494. The van der Waals surface area contributed by atoms with Crippen LogP contribution < -0.4 is 10.6 Å². The van der Waals surface area contributed by atoms with E-state index in [1.165, 1.54) is 6.07 Å². The molecule has 1 atom stereocenters. The van der Waals surface area contributed by atoms with Crippen molar-refractivity contribution in [2.45, 2.75) is 18.9 Å². The van der Waals surface area contributed by atoms with Crippen LogP contribution in [0.1, 0.15) is 12.8 Å². The highest BCUT2D eigenvalue weighted by molar-refractivity contribution is 7.22. The third kappa shape index (κ3) is 2.82. The Kier molecular flexibility index (Phi) is 3.87. The number of fused-ring (bicyclic) bond motifs is 2. The van der Waals surface area contributed by atoms with E-state index in [0.717, 1.165) is 20.3 Å². The van der Waals surface area contributed by atoms with Crippen LogP contribution in [0.25, 0.3) is 31.6 Å². The van der Waals surface area contributed by atoms with Gasteiger partial charge < -0.3 is 10.6 Å². The van der Waals surface area contributed by atoms with E-state index < -0.39 is 17.8 Å². The number of aromatic nitrogens is 2. The second-order valence-corrected chi connectivity index (χ2v) is 7.83. The molecular formula is C20H15FN4O2S. The number of thiophene rings is 1. The molecule has 1 aliphatic heterocycles. The van der Waals surface area contributed by atoms with Crippen LogP contribution in [-0.4, -0.2) is 28.1 Å². The number of aromatic amines is 1. The van der Waals surface area contributed by atoms with Gasteiger partial charge in [-0.15, -0.1) is 11.3 Å². The zero-order valence-electron chi connectivity index (χ0n) is 14.6. The number of anilines is 1. The van der Waals surface area contributed by atoms with Crippen LogP contribution in [0, 0.1) is 5.82 Å². The minimum absolute atomic E-state index is 0.0717. The summed E-state index contributed by atoms with van der Waals surface area (Å²) < 4.78 is 15.6. The van der Waals surface area contributed by atoms with Gasteiger partial charge in [-0.05, 0) is 30.0 Å². The molecule has 0 unspecified atom stereocenters. The summed E-state index contributed by atoms with van der Waals surface area (Å²) in [5.41, 5.74) is 1.33. The summed E-state index contributed by atoms with van der Waals surface area (Å²) in [5.74, 6) is -1.15. The molecule has 0 saturated carbocycles. The Bertz CT molecular complexity index is 1210. The molecule has 3 N–H and O–H groups in total. The van der Waals surface area contributed by atoms with Crippen LogP contribution in [0.3, 0.4) is 0 Å². The lowest BCUT2D eigenvalue weighted by Crippen LogP contribution is -2.37.